The van der Waals surface area contributed by atoms with Crippen molar-refractivity contribution in [3.63, 3.8) is 0 Å². The number of anilines is 1. The van der Waals surface area contributed by atoms with Crippen molar-refractivity contribution in [3.05, 3.63) is 100 Å². The number of benzene rings is 3. The summed E-state index contributed by atoms with van der Waals surface area (Å²) in [6.07, 6.45) is 1.07. The summed E-state index contributed by atoms with van der Waals surface area (Å²) < 4.78 is 39.2. The molecule has 0 aliphatic rings. The first-order valence-electron chi connectivity index (χ1n) is 10.00. The van der Waals surface area contributed by atoms with Crippen LogP contribution in [0.25, 0.3) is 0 Å². The summed E-state index contributed by atoms with van der Waals surface area (Å²) in [6.45, 7) is 2.56. The van der Waals surface area contributed by atoms with Crippen molar-refractivity contribution in [2.45, 2.75) is 19.4 Å². The Kier molecular flexibility index (Phi) is 7.53. The van der Waals surface area contributed by atoms with Gasteiger partial charge < -0.3 is 5.32 Å². The molecule has 1 amide bonds. The Labute approximate surface area is 192 Å². The summed E-state index contributed by atoms with van der Waals surface area (Å²) in [4.78, 5) is 12.5. The second-order valence-corrected chi connectivity index (χ2v) is 9.90. The maximum atomic E-state index is 13.5. The van der Waals surface area contributed by atoms with Crippen molar-refractivity contribution in [1.29, 1.82) is 0 Å². The van der Waals surface area contributed by atoms with Gasteiger partial charge in [-0.15, -0.1) is 0 Å². The van der Waals surface area contributed by atoms with E-state index in [0.29, 0.717) is 17.7 Å². The maximum Gasteiger partial charge on any atom is 0.251 e. The molecule has 0 aliphatic heterocycles. The highest BCUT2D eigenvalue weighted by Gasteiger charge is 2.19. The monoisotopic (exact) mass is 474 g/mol. The lowest BCUT2D eigenvalue weighted by Gasteiger charge is -2.23. The van der Waals surface area contributed by atoms with E-state index in [-0.39, 0.29) is 29.1 Å². The van der Waals surface area contributed by atoms with E-state index < -0.39 is 15.8 Å². The normalized spacial score (nSPS) is 12.2. The van der Waals surface area contributed by atoms with Gasteiger partial charge in [-0.25, -0.2) is 12.8 Å². The Morgan fingerprint density at radius 3 is 2.31 bits per heavy atom. The fraction of sp³-hybridized carbons (Fsp3) is 0.208. The number of carbonyl (C=O) groups is 1. The Hall–Kier alpha value is -2.90. The van der Waals surface area contributed by atoms with E-state index in [0.717, 1.165) is 22.2 Å². The number of halogens is 2. The molecular weight excluding hydrogens is 451 g/mol. The van der Waals surface area contributed by atoms with Crippen LogP contribution in [0.4, 0.5) is 10.1 Å². The standard InChI is InChI=1S/C24H24ClFN2O3S/c1-17(19-6-4-3-5-7-19)15-27-24(29)20-10-8-18(9-11-20)16-28(32(2,30)31)21-12-13-23(26)22(25)14-21/h3-14,17H,15-16H2,1-2H3,(H,27,29)/t17-/m1/s1. The number of amides is 1. The molecule has 3 aromatic carbocycles. The van der Waals surface area contributed by atoms with E-state index in [2.05, 4.69) is 5.32 Å². The van der Waals surface area contributed by atoms with Crippen LogP contribution in [0.1, 0.15) is 34.3 Å². The highest BCUT2D eigenvalue weighted by Crippen LogP contribution is 2.26. The van der Waals surface area contributed by atoms with Crippen molar-refractivity contribution < 1.29 is 17.6 Å². The zero-order valence-corrected chi connectivity index (χ0v) is 19.3. The lowest BCUT2D eigenvalue weighted by molar-refractivity contribution is 0.0951. The summed E-state index contributed by atoms with van der Waals surface area (Å²) in [5.74, 6) is -0.657. The average molecular weight is 475 g/mol. The average Bonchev–Trinajstić information content (AvgIpc) is 2.78. The molecule has 168 valence electrons. The van der Waals surface area contributed by atoms with E-state index in [9.17, 15) is 17.6 Å². The van der Waals surface area contributed by atoms with Crippen molar-refractivity contribution in [1.82, 2.24) is 5.32 Å². The van der Waals surface area contributed by atoms with E-state index in [1.165, 1.54) is 12.1 Å². The molecule has 0 spiro atoms. The first kappa shape index (κ1) is 23.8. The van der Waals surface area contributed by atoms with Crippen LogP contribution < -0.4 is 9.62 Å². The number of rotatable bonds is 8. The molecule has 3 rings (SSSR count). The molecule has 5 nitrogen and oxygen atoms in total. The van der Waals surface area contributed by atoms with Crippen LogP contribution in [0.2, 0.25) is 5.02 Å². The third-order valence-corrected chi connectivity index (χ3v) is 6.50. The predicted molar refractivity (Wildman–Crippen MR) is 126 cm³/mol. The Balaban J connectivity index is 1.68. The number of carbonyl (C=O) groups excluding carboxylic acids is 1. The Morgan fingerprint density at radius 1 is 1.06 bits per heavy atom. The smallest absolute Gasteiger partial charge is 0.251 e. The fourth-order valence-corrected chi connectivity index (χ4v) is 4.27. The van der Waals surface area contributed by atoms with Gasteiger partial charge in [0.05, 0.1) is 23.5 Å². The van der Waals surface area contributed by atoms with Crippen LogP contribution in [0.15, 0.2) is 72.8 Å². The van der Waals surface area contributed by atoms with Gasteiger partial charge in [-0.05, 0) is 47.4 Å². The van der Waals surface area contributed by atoms with Crippen LogP contribution in [-0.2, 0) is 16.6 Å². The van der Waals surface area contributed by atoms with Gasteiger partial charge in [-0.1, -0.05) is 61.0 Å². The highest BCUT2D eigenvalue weighted by atomic mass is 35.5. The molecule has 3 aromatic rings. The quantitative estimate of drug-likeness (QED) is 0.500. The molecule has 32 heavy (non-hydrogen) atoms. The predicted octanol–water partition coefficient (Wildman–Crippen LogP) is 4.98. The second kappa shape index (κ2) is 10.1. The number of nitrogens with zero attached hydrogens (tertiary/aromatic N) is 1. The Bertz CT molecular complexity index is 1190. The molecular formula is C24H24ClFN2O3S. The van der Waals surface area contributed by atoms with Gasteiger partial charge in [0, 0.05) is 12.1 Å². The van der Waals surface area contributed by atoms with Gasteiger partial charge in [-0.3, -0.25) is 9.10 Å². The molecule has 1 atom stereocenters. The van der Waals surface area contributed by atoms with Crippen LogP contribution in [0.3, 0.4) is 0 Å². The molecule has 0 fully saturated rings. The molecule has 0 heterocycles. The molecule has 0 saturated carbocycles. The van der Waals surface area contributed by atoms with E-state index >= 15 is 0 Å². The highest BCUT2D eigenvalue weighted by molar-refractivity contribution is 7.92. The van der Waals surface area contributed by atoms with Gasteiger partial charge in [0.25, 0.3) is 5.91 Å². The lowest BCUT2D eigenvalue weighted by atomic mass is 10.0. The largest absolute Gasteiger partial charge is 0.351 e. The number of sulfonamides is 1. The van der Waals surface area contributed by atoms with Gasteiger partial charge in [-0.2, -0.15) is 0 Å². The van der Waals surface area contributed by atoms with Gasteiger partial charge in [0.15, 0.2) is 0 Å². The van der Waals surface area contributed by atoms with Crippen LogP contribution in [0.5, 0.6) is 0 Å². The summed E-state index contributed by atoms with van der Waals surface area (Å²) in [7, 11) is -3.64. The van der Waals surface area contributed by atoms with Gasteiger partial charge in [0.1, 0.15) is 5.82 Å². The summed E-state index contributed by atoms with van der Waals surface area (Å²) in [6, 6.07) is 20.4. The third-order valence-electron chi connectivity index (χ3n) is 5.07. The number of hydrogen-bond donors (Lipinski definition) is 1. The van der Waals surface area contributed by atoms with E-state index in [1.807, 2.05) is 37.3 Å². The van der Waals surface area contributed by atoms with Gasteiger partial charge >= 0.3 is 0 Å². The van der Waals surface area contributed by atoms with Crippen LogP contribution >= 0.6 is 11.6 Å². The molecule has 0 aromatic heterocycles. The van der Waals surface area contributed by atoms with E-state index in [4.69, 9.17) is 11.6 Å². The third kappa shape index (κ3) is 6.08. The molecule has 0 aliphatic carbocycles. The number of nitrogens with one attached hydrogen (secondary N) is 1. The molecule has 0 saturated heterocycles. The minimum Gasteiger partial charge on any atom is -0.351 e. The maximum absolute atomic E-state index is 13.5. The first-order valence-corrected chi connectivity index (χ1v) is 12.2. The van der Waals surface area contributed by atoms with Crippen molar-refractivity contribution >= 4 is 33.2 Å². The molecule has 0 radical (unpaired) electrons. The SMILES string of the molecule is C[C@H](CNC(=O)c1ccc(CN(c2ccc(F)c(Cl)c2)S(C)(=O)=O)cc1)c1ccccc1. The minimum absolute atomic E-state index is 0.0216. The lowest BCUT2D eigenvalue weighted by Crippen LogP contribution is -2.29. The summed E-state index contributed by atoms with van der Waals surface area (Å²) in [5, 5.41) is 2.76. The zero-order chi connectivity index (χ0) is 23.3. The van der Waals surface area contributed by atoms with Crippen molar-refractivity contribution in [2.75, 3.05) is 17.1 Å². The van der Waals surface area contributed by atoms with Gasteiger partial charge in [0.2, 0.25) is 10.0 Å². The van der Waals surface area contributed by atoms with Crippen molar-refractivity contribution in [2.24, 2.45) is 0 Å². The Morgan fingerprint density at radius 2 is 1.72 bits per heavy atom. The van der Waals surface area contributed by atoms with Crippen LogP contribution in [0, 0.1) is 5.82 Å². The first-order chi connectivity index (χ1) is 15.1. The molecule has 8 heteroatoms. The topological polar surface area (TPSA) is 66.5 Å². The summed E-state index contributed by atoms with van der Waals surface area (Å²) >= 11 is 5.82. The minimum atomic E-state index is -3.64. The van der Waals surface area contributed by atoms with E-state index in [1.54, 1.807) is 24.3 Å². The summed E-state index contributed by atoms with van der Waals surface area (Å²) in [5.41, 5.74) is 2.55. The molecule has 1 N–H and O–H groups in total. The molecule has 0 bridgehead atoms. The second-order valence-electron chi connectivity index (χ2n) is 7.59. The van der Waals surface area contributed by atoms with Crippen LogP contribution in [-0.4, -0.2) is 27.1 Å². The molecule has 0 unspecified atom stereocenters. The number of hydrogen-bond acceptors (Lipinski definition) is 3. The van der Waals surface area contributed by atoms with Crippen molar-refractivity contribution in [3.8, 4) is 0 Å². The zero-order valence-electron chi connectivity index (χ0n) is 17.8. The fourth-order valence-electron chi connectivity index (χ4n) is 3.21.